The quantitative estimate of drug-likeness (QED) is 0.870. The Bertz CT molecular complexity index is 657. The molecule has 0 aliphatic heterocycles. The lowest BCUT2D eigenvalue weighted by molar-refractivity contribution is 0.102. The third-order valence-electron chi connectivity index (χ3n) is 2.53. The van der Waals surface area contributed by atoms with Gasteiger partial charge in [-0.25, -0.2) is 0 Å². The molecule has 0 aliphatic carbocycles. The average Bonchev–Trinajstić information content (AvgIpc) is 2.78. The van der Waals surface area contributed by atoms with Gasteiger partial charge in [-0.2, -0.15) is 10.4 Å². The molecule has 19 heavy (non-hydrogen) atoms. The minimum absolute atomic E-state index is 0.264. The number of anilines is 1. The van der Waals surface area contributed by atoms with Gasteiger partial charge < -0.3 is 5.32 Å². The number of rotatable bonds is 3. The van der Waals surface area contributed by atoms with Crippen molar-refractivity contribution in [3.63, 3.8) is 0 Å². The first-order valence-corrected chi connectivity index (χ1v) is 6.76. The molecule has 0 aliphatic rings. The van der Waals surface area contributed by atoms with E-state index in [1.54, 1.807) is 25.4 Å². The molecule has 0 atom stereocenters. The fourth-order valence-electron chi connectivity index (χ4n) is 1.67. The van der Waals surface area contributed by atoms with Crippen LogP contribution in [0.1, 0.15) is 15.9 Å². The van der Waals surface area contributed by atoms with Crippen molar-refractivity contribution in [1.29, 1.82) is 5.26 Å². The molecule has 2 rings (SSSR count). The maximum Gasteiger partial charge on any atom is 0.258 e. The van der Waals surface area contributed by atoms with Crippen molar-refractivity contribution in [3.05, 3.63) is 41.6 Å². The number of benzene rings is 1. The van der Waals surface area contributed by atoms with E-state index in [9.17, 15) is 4.79 Å². The second-order valence-electron chi connectivity index (χ2n) is 3.83. The van der Waals surface area contributed by atoms with Gasteiger partial charge in [0, 0.05) is 18.1 Å². The number of nitrogens with zero attached hydrogens (tertiary/aromatic N) is 3. The van der Waals surface area contributed by atoms with Gasteiger partial charge in [-0.3, -0.25) is 9.48 Å². The van der Waals surface area contributed by atoms with Gasteiger partial charge in [0.05, 0.1) is 5.56 Å². The number of hydrogen-bond acceptors (Lipinski definition) is 4. The van der Waals surface area contributed by atoms with E-state index in [4.69, 9.17) is 5.26 Å². The van der Waals surface area contributed by atoms with Crippen LogP contribution in [0, 0.1) is 11.3 Å². The van der Waals surface area contributed by atoms with Gasteiger partial charge in [0.2, 0.25) is 0 Å². The molecule has 0 unspecified atom stereocenters. The zero-order valence-electron chi connectivity index (χ0n) is 10.5. The van der Waals surface area contributed by atoms with Gasteiger partial charge in [-0.05, 0) is 18.4 Å². The Morgan fingerprint density at radius 2 is 2.21 bits per heavy atom. The molecule has 0 saturated carbocycles. The summed E-state index contributed by atoms with van der Waals surface area (Å²) in [5.74, 6) is 0.0195. The van der Waals surface area contributed by atoms with Gasteiger partial charge in [-0.15, -0.1) is 11.8 Å². The number of thioether (sulfide) groups is 1. The molecule has 1 amide bonds. The summed E-state index contributed by atoms with van der Waals surface area (Å²) in [5.41, 5.74) is 0.919. The number of aryl methyl sites for hydroxylation is 1. The first kappa shape index (κ1) is 13.2. The molecule has 0 fully saturated rings. The summed E-state index contributed by atoms with van der Waals surface area (Å²) in [7, 11) is 1.70. The van der Waals surface area contributed by atoms with Crippen molar-refractivity contribution in [3.8, 4) is 6.07 Å². The van der Waals surface area contributed by atoms with Crippen LogP contribution in [0.15, 0.2) is 35.4 Å². The number of aromatic nitrogens is 2. The fourth-order valence-corrected chi connectivity index (χ4v) is 2.27. The highest BCUT2D eigenvalue weighted by Crippen LogP contribution is 2.21. The molecule has 6 heteroatoms. The molecule has 96 valence electrons. The number of hydrogen-bond donors (Lipinski definition) is 1. The van der Waals surface area contributed by atoms with Crippen LogP contribution >= 0.6 is 11.8 Å². The number of nitriles is 1. The first-order valence-electron chi connectivity index (χ1n) is 5.54. The van der Waals surface area contributed by atoms with Gasteiger partial charge in [-0.1, -0.05) is 12.1 Å². The van der Waals surface area contributed by atoms with E-state index in [0.717, 1.165) is 4.90 Å². The number of amides is 1. The molecule has 2 aromatic rings. The van der Waals surface area contributed by atoms with Crippen LogP contribution < -0.4 is 5.32 Å². The van der Waals surface area contributed by atoms with Crippen molar-refractivity contribution >= 4 is 23.5 Å². The summed E-state index contributed by atoms with van der Waals surface area (Å²) in [6.07, 6.45) is 3.48. The Hall–Kier alpha value is -2.26. The predicted octanol–water partition coefficient (Wildman–Crippen LogP) is 2.27. The Morgan fingerprint density at radius 1 is 1.47 bits per heavy atom. The van der Waals surface area contributed by atoms with E-state index in [1.165, 1.54) is 16.4 Å². The molecule has 1 aromatic heterocycles. The van der Waals surface area contributed by atoms with E-state index in [1.807, 2.05) is 24.5 Å². The molecule has 0 radical (unpaired) electrons. The van der Waals surface area contributed by atoms with Gasteiger partial charge in [0.15, 0.2) is 5.82 Å². The topological polar surface area (TPSA) is 70.7 Å². The lowest BCUT2D eigenvalue weighted by Gasteiger charge is -2.06. The van der Waals surface area contributed by atoms with Crippen LogP contribution in [0.3, 0.4) is 0 Å². The molecular formula is C13H12N4OS. The van der Waals surface area contributed by atoms with Gasteiger partial charge >= 0.3 is 0 Å². The van der Waals surface area contributed by atoms with Gasteiger partial charge in [0.1, 0.15) is 11.6 Å². The Morgan fingerprint density at radius 3 is 2.89 bits per heavy atom. The smallest absolute Gasteiger partial charge is 0.258 e. The van der Waals surface area contributed by atoms with Crippen molar-refractivity contribution < 1.29 is 4.79 Å². The molecule has 1 N–H and O–H groups in total. The summed E-state index contributed by atoms with van der Waals surface area (Å²) >= 11 is 1.50. The largest absolute Gasteiger partial charge is 0.304 e. The van der Waals surface area contributed by atoms with Crippen molar-refractivity contribution in [2.45, 2.75) is 4.90 Å². The molecule has 0 spiro atoms. The summed E-state index contributed by atoms with van der Waals surface area (Å²) < 4.78 is 1.49. The van der Waals surface area contributed by atoms with Crippen LogP contribution in [0.25, 0.3) is 0 Å². The Balaban J connectivity index is 2.28. The van der Waals surface area contributed by atoms with Crippen LogP contribution in [0.5, 0.6) is 0 Å². The van der Waals surface area contributed by atoms with E-state index < -0.39 is 0 Å². The van der Waals surface area contributed by atoms with Crippen LogP contribution in [-0.4, -0.2) is 21.9 Å². The second-order valence-corrected chi connectivity index (χ2v) is 4.68. The summed E-state index contributed by atoms with van der Waals surface area (Å²) in [4.78, 5) is 13.1. The third kappa shape index (κ3) is 2.77. The number of carbonyl (C=O) groups excluding carboxylic acids is 1. The summed E-state index contributed by atoms with van der Waals surface area (Å²) in [5, 5.41) is 15.7. The van der Waals surface area contributed by atoms with E-state index >= 15 is 0 Å². The van der Waals surface area contributed by atoms with E-state index in [2.05, 4.69) is 10.4 Å². The molecular weight excluding hydrogens is 260 g/mol. The van der Waals surface area contributed by atoms with Crippen molar-refractivity contribution in [1.82, 2.24) is 9.78 Å². The second kappa shape index (κ2) is 5.59. The third-order valence-corrected chi connectivity index (χ3v) is 3.33. The normalized spacial score (nSPS) is 9.95. The number of carbonyl (C=O) groups is 1. The molecule has 0 saturated heterocycles. The standard InChI is InChI=1S/C13H12N4OS/c1-17-8-9(7-14)12(16-17)15-13(18)10-5-3-4-6-11(10)19-2/h3-6,8H,1-2H3,(H,15,16,18). The monoisotopic (exact) mass is 272 g/mol. The maximum absolute atomic E-state index is 12.2. The lowest BCUT2D eigenvalue weighted by Crippen LogP contribution is -2.14. The Labute approximate surface area is 115 Å². The highest BCUT2D eigenvalue weighted by molar-refractivity contribution is 7.98. The molecule has 1 heterocycles. The molecule has 1 aromatic carbocycles. The van der Waals surface area contributed by atoms with Crippen molar-refractivity contribution in [2.24, 2.45) is 7.05 Å². The van der Waals surface area contributed by atoms with Crippen LogP contribution in [0.4, 0.5) is 5.82 Å². The molecule has 5 nitrogen and oxygen atoms in total. The average molecular weight is 272 g/mol. The molecule has 0 bridgehead atoms. The van der Waals surface area contributed by atoms with Crippen LogP contribution in [0.2, 0.25) is 0 Å². The summed E-state index contributed by atoms with van der Waals surface area (Å²) in [6.45, 7) is 0. The van der Waals surface area contributed by atoms with Crippen molar-refractivity contribution in [2.75, 3.05) is 11.6 Å². The minimum atomic E-state index is -0.264. The minimum Gasteiger partial charge on any atom is -0.304 e. The summed E-state index contributed by atoms with van der Waals surface area (Å²) in [6, 6.07) is 9.31. The highest BCUT2D eigenvalue weighted by Gasteiger charge is 2.14. The zero-order chi connectivity index (χ0) is 13.8. The van der Waals surface area contributed by atoms with Gasteiger partial charge in [0.25, 0.3) is 5.91 Å². The lowest BCUT2D eigenvalue weighted by atomic mass is 10.2. The predicted molar refractivity (Wildman–Crippen MR) is 74.1 cm³/mol. The van der Waals surface area contributed by atoms with E-state index in [0.29, 0.717) is 11.1 Å². The zero-order valence-corrected chi connectivity index (χ0v) is 11.4. The SMILES string of the molecule is CSc1ccccc1C(=O)Nc1nn(C)cc1C#N. The maximum atomic E-state index is 12.2. The Kier molecular flexibility index (Phi) is 3.88. The highest BCUT2D eigenvalue weighted by atomic mass is 32.2. The van der Waals surface area contributed by atoms with E-state index in [-0.39, 0.29) is 11.7 Å². The fraction of sp³-hybridized carbons (Fsp3) is 0.154. The first-order chi connectivity index (χ1) is 9.15. The van der Waals surface area contributed by atoms with Crippen LogP contribution in [-0.2, 0) is 7.05 Å². The number of nitrogens with one attached hydrogen (secondary N) is 1.